The Morgan fingerprint density at radius 3 is 2.65 bits per heavy atom. The summed E-state index contributed by atoms with van der Waals surface area (Å²) >= 11 is 0. The Labute approximate surface area is 156 Å². The first kappa shape index (κ1) is 21.4. The third kappa shape index (κ3) is 6.99. The molecule has 1 aliphatic carbocycles. The minimum atomic E-state index is -0.861. The highest BCUT2D eigenvalue weighted by molar-refractivity contribution is 5.67. The van der Waals surface area contributed by atoms with E-state index in [-0.39, 0.29) is 37.3 Å². The number of aliphatic hydroxyl groups is 2. The Balaban J connectivity index is 1.86. The highest BCUT2D eigenvalue weighted by Crippen LogP contribution is 2.41. The van der Waals surface area contributed by atoms with Gasteiger partial charge in [0.15, 0.2) is 6.29 Å². The van der Waals surface area contributed by atoms with Crippen LogP contribution in [0.2, 0.25) is 0 Å². The molecule has 0 aromatic carbocycles. The lowest BCUT2D eigenvalue weighted by atomic mass is 9.86. The molecule has 0 aromatic rings. The zero-order valence-corrected chi connectivity index (χ0v) is 15.6. The van der Waals surface area contributed by atoms with Crippen molar-refractivity contribution < 1.29 is 29.6 Å². The number of carbonyl (C=O) groups is 1. The molecule has 2 fully saturated rings. The molecule has 2 aliphatic rings. The number of rotatable bonds is 11. The lowest BCUT2D eigenvalue weighted by molar-refractivity contribution is -0.196. The van der Waals surface area contributed by atoms with Crippen LogP contribution in [0.4, 0.5) is 0 Å². The van der Waals surface area contributed by atoms with Crippen molar-refractivity contribution in [2.75, 3.05) is 13.2 Å². The van der Waals surface area contributed by atoms with E-state index >= 15 is 0 Å². The van der Waals surface area contributed by atoms with Gasteiger partial charge in [0.25, 0.3) is 0 Å². The summed E-state index contributed by atoms with van der Waals surface area (Å²) < 4.78 is 11.8. The number of allylic oxidation sites excluding steroid dienone is 1. The van der Waals surface area contributed by atoms with Gasteiger partial charge in [0.05, 0.1) is 18.6 Å². The molecule has 1 saturated heterocycles. The highest BCUT2D eigenvalue weighted by atomic mass is 16.7. The van der Waals surface area contributed by atoms with E-state index in [0.717, 1.165) is 44.9 Å². The molecule has 0 aromatic heterocycles. The topological polar surface area (TPSA) is 96.2 Å². The Hall–Kier alpha value is -0.950. The van der Waals surface area contributed by atoms with Crippen LogP contribution in [-0.2, 0) is 14.3 Å². The fourth-order valence-electron chi connectivity index (χ4n) is 4.16. The van der Waals surface area contributed by atoms with E-state index < -0.39 is 12.1 Å². The van der Waals surface area contributed by atoms with E-state index in [4.69, 9.17) is 14.6 Å². The minimum Gasteiger partial charge on any atom is -0.481 e. The second-order valence-corrected chi connectivity index (χ2v) is 7.47. The molecule has 6 nitrogen and oxygen atoms in total. The molecule has 1 aliphatic heterocycles. The van der Waals surface area contributed by atoms with Gasteiger partial charge in [-0.3, -0.25) is 4.79 Å². The van der Waals surface area contributed by atoms with Gasteiger partial charge < -0.3 is 24.8 Å². The number of hydrogen-bond donors (Lipinski definition) is 3. The summed E-state index contributed by atoms with van der Waals surface area (Å²) in [5.74, 6) is -1.04. The van der Waals surface area contributed by atoms with Crippen LogP contribution in [0.1, 0.15) is 64.2 Å². The van der Waals surface area contributed by atoms with Crippen molar-refractivity contribution in [3.8, 4) is 0 Å². The molecule has 3 N–H and O–H groups in total. The normalized spacial score (nSPS) is 32.3. The number of aliphatic carboxylic acids is 1. The van der Waals surface area contributed by atoms with E-state index in [2.05, 4.69) is 6.08 Å². The number of carboxylic acid groups (broad SMARTS) is 1. The third-order valence-corrected chi connectivity index (χ3v) is 5.49. The van der Waals surface area contributed by atoms with Crippen molar-refractivity contribution in [3.63, 3.8) is 0 Å². The summed E-state index contributed by atoms with van der Waals surface area (Å²) in [6.07, 6.45) is 11.1. The Morgan fingerprint density at radius 1 is 1.15 bits per heavy atom. The number of carboxylic acids is 1. The van der Waals surface area contributed by atoms with Crippen molar-refractivity contribution in [3.05, 3.63) is 12.2 Å². The first-order valence-electron chi connectivity index (χ1n) is 10.0. The molecule has 0 radical (unpaired) electrons. The van der Waals surface area contributed by atoms with Crippen LogP contribution in [-0.4, -0.2) is 53.0 Å². The van der Waals surface area contributed by atoms with Gasteiger partial charge in [-0.1, -0.05) is 18.6 Å². The van der Waals surface area contributed by atoms with Gasteiger partial charge >= 0.3 is 5.97 Å². The standard InChI is InChI=1S/C20H34O6/c21-11-7-4-2-1-3-5-9-15-16(13-19(23)24)17(22)14-18(15)26-20-10-6-8-12-25-20/h2,4,15-18,20-22H,1,3,5-14H2,(H,23,24)/t15-,16-,17+,18-,20?/m0/s1. The summed E-state index contributed by atoms with van der Waals surface area (Å²) in [4.78, 5) is 11.2. The molecule has 0 spiro atoms. The molecule has 2 rings (SSSR count). The molecule has 1 heterocycles. The largest absolute Gasteiger partial charge is 0.481 e. The van der Waals surface area contributed by atoms with E-state index in [0.29, 0.717) is 19.4 Å². The molecular weight excluding hydrogens is 336 g/mol. The Bertz CT molecular complexity index is 432. The molecule has 0 bridgehead atoms. The SMILES string of the molecule is O=C(O)C[C@H]1[C@H](CCCCC=CCCO)[C@@H](OC2CCCCO2)C[C@H]1O. The van der Waals surface area contributed by atoms with Gasteiger partial charge in [0.1, 0.15) is 0 Å². The van der Waals surface area contributed by atoms with Gasteiger partial charge in [-0.2, -0.15) is 0 Å². The second kappa shape index (κ2) is 11.7. The van der Waals surface area contributed by atoms with E-state index in [9.17, 15) is 15.0 Å². The van der Waals surface area contributed by atoms with Gasteiger partial charge in [0.2, 0.25) is 0 Å². The van der Waals surface area contributed by atoms with Crippen LogP contribution in [0.3, 0.4) is 0 Å². The first-order chi connectivity index (χ1) is 12.6. The summed E-state index contributed by atoms with van der Waals surface area (Å²) in [6, 6.07) is 0. The van der Waals surface area contributed by atoms with Crippen LogP contribution >= 0.6 is 0 Å². The number of ether oxygens (including phenoxy) is 2. The maximum absolute atomic E-state index is 11.2. The Morgan fingerprint density at radius 2 is 1.96 bits per heavy atom. The second-order valence-electron chi connectivity index (χ2n) is 7.47. The van der Waals surface area contributed by atoms with Crippen molar-refractivity contribution >= 4 is 5.97 Å². The van der Waals surface area contributed by atoms with Crippen LogP contribution in [0.5, 0.6) is 0 Å². The van der Waals surface area contributed by atoms with E-state index in [1.807, 2.05) is 6.08 Å². The number of aliphatic hydroxyl groups excluding tert-OH is 2. The monoisotopic (exact) mass is 370 g/mol. The lowest BCUT2D eigenvalue weighted by Gasteiger charge is -2.30. The third-order valence-electron chi connectivity index (χ3n) is 5.49. The predicted molar refractivity (Wildman–Crippen MR) is 97.6 cm³/mol. The average molecular weight is 370 g/mol. The molecule has 0 amide bonds. The molecule has 5 atom stereocenters. The fraction of sp³-hybridized carbons (Fsp3) is 0.850. The summed E-state index contributed by atoms with van der Waals surface area (Å²) in [6.45, 7) is 0.888. The van der Waals surface area contributed by atoms with Gasteiger partial charge in [0, 0.05) is 25.6 Å². The summed E-state index contributed by atoms with van der Waals surface area (Å²) in [5.41, 5.74) is 0. The first-order valence-corrected chi connectivity index (χ1v) is 10.0. The van der Waals surface area contributed by atoms with Crippen LogP contribution in [0.15, 0.2) is 12.2 Å². The zero-order chi connectivity index (χ0) is 18.8. The zero-order valence-electron chi connectivity index (χ0n) is 15.6. The lowest BCUT2D eigenvalue weighted by Crippen LogP contribution is -2.32. The molecular formula is C20H34O6. The molecule has 1 unspecified atom stereocenters. The van der Waals surface area contributed by atoms with Crippen LogP contribution in [0.25, 0.3) is 0 Å². The summed E-state index contributed by atoms with van der Waals surface area (Å²) in [7, 11) is 0. The van der Waals surface area contributed by atoms with Crippen LogP contribution < -0.4 is 0 Å². The van der Waals surface area contributed by atoms with Gasteiger partial charge in [-0.25, -0.2) is 0 Å². The van der Waals surface area contributed by atoms with Crippen molar-refractivity contribution in [1.82, 2.24) is 0 Å². The molecule has 26 heavy (non-hydrogen) atoms. The molecule has 1 saturated carbocycles. The van der Waals surface area contributed by atoms with Crippen molar-refractivity contribution in [2.24, 2.45) is 11.8 Å². The Kier molecular flexibility index (Phi) is 9.61. The maximum atomic E-state index is 11.2. The smallest absolute Gasteiger partial charge is 0.303 e. The fourth-order valence-corrected chi connectivity index (χ4v) is 4.16. The molecule has 150 valence electrons. The van der Waals surface area contributed by atoms with Crippen molar-refractivity contribution in [2.45, 2.75) is 82.7 Å². The van der Waals surface area contributed by atoms with E-state index in [1.165, 1.54) is 0 Å². The quantitative estimate of drug-likeness (QED) is 0.382. The average Bonchev–Trinajstić information content (AvgIpc) is 2.89. The van der Waals surface area contributed by atoms with Crippen molar-refractivity contribution in [1.29, 1.82) is 0 Å². The number of hydrogen-bond acceptors (Lipinski definition) is 5. The minimum absolute atomic E-state index is 0.00633. The van der Waals surface area contributed by atoms with E-state index in [1.54, 1.807) is 0 Å². The summed E-state index contributed by atoms with van der Waals surface area (Å²) in [5, 5.41) is 28.3. The highest BCUT2D eigenvalue weighted by Gasteiger charge is 2.44. The number of unbranched alkanes of at least 4 members (excludes halogenated alkanes) is 2. The molecule has 6 heteroatoms. The predicted octanol–water partition coefficient (Wildman–Crippen LogP) is 2.87. The van der Waals surface area contributed by atoms with Gasteiger partial charge in [-0.05, 0) is 50.9 Å². The van der Waals surface area contributed by atoms with Gasteiger partial charge in [-0.15, -0.1) is 0 Å². The van der Waals surface area contributed by atoms with Crippen LogP contribution in [0, 0.1) is 11.8 Å². The maximum Gasteiger partial charge on any atom is 0.303 e.